The molecule has 0 aliphatic heterocycles. The second-order valence-corrected chi connectivity index (χ2v) is 6.74. The van der Waals surface area contributed by atoms with Crippen LogP contribution in [0.5, 0.6) is 0 Å². The standard InChI is InChI=1S/C20H26N2O/c1-15(2)14-20(4,17-12-10-16(3)11-13-17)19(23)22-21-18-8-6-5-7-9-18/h5-13,15,21H,14H2,1-4H3,(H,22,23). The molecule has 2 aromatic rings. The lowest BCUT2D eigenvalue weighted by Crippen LogP contribution is -2.45. The van der Waals surface area contributed by atoms with Crippen molar-refractivity contribution in [3.8, 4) is 0 Å². The van der Waals surface area contributed by atoms with E-state index < -0.39 is 5.41 Å². The van der Waals surface area contributed by atoms with Crippen LogP contribution < -0.4 is 10.9 Å². The first-order chi connectivity index (χ1) is 10.9. The maximum atomic E-state index is 12.9. The Hall–Kier alpha value is -2.29. The van der Waals surface area contributed by atoms with Crippen LogP contribution >= 0.6 is 0 Å². The molecule has 1 amide bonds. The third-order valence-electron chi connectivity index (χ3n) is 4.10. The molecule has 1 atom stereocenters. The van der Waals surface area contributed by atoms with Crippen molar-refractivity contribution >= 4 is 11.6 Å². The van der Waals surface area contributed by atoms with E-state index in [1.165, 1.54) is 5.56 Å². The van der Waals surface area contributed by atoms with Gasteiger partial charge in [0, 0.05) is 0 Å². The molecule has 0 heterocycles. The van der Waals surface area contributed by atoms with Gasteiger partial charge in [-0.2, -0.15) is 0 Å². The van der Waals surface area contributed by atoms with Crippen LogP contribution in [0.15, 0.2) is 54.6 Å². The highest BCUT2D eigenvalue weighted by Gasteiger charge is 2.35. The highest BCUT2D eigenvalue weighted by atomic mass is 16.2. The second-order valence-electron chi connectivity index (χ2n) is 6.74. The lowest BCUT2D eigenvalue weighted by atomic mass is 9.75. The topological polar surface area (TPSA) is 41.1 Å². The summed E-state index contributed by atoms with van der Waals surface area (Å²) in [6.45, 7) is 8.36. The molecule has 3 nitrogen and oxygen atoms in total. The smallest absolute Gasteiger partial charge is 0.248 e. The van der Waals surface area contributed by atoms with Gasteiger partial charge in [0.2, 0.25) is 5.91 Å². The van der Waals surface area contributed by atoms with Gasteiger partial charge in [-0.1, -0.05) is 61.9 Å². The van der Waals surface area contributed by atoms with Gasteiger partial charge in [-0.3, -0.25) is 15.6 Å². The zero-order valence-electron chi connectivity index (χ0n) is 14.4. The van der Waals surface area contributed by atoms with E-state index in [4.69, 9.17) is 0 Å². The van der Waals surface area contributed by atoms with Crippen molar-refractivity contribution in [2.45, 2.75) is 39.5 Å². The van der Waals surface area contributed by atoms with Gasteiger partial charge in [-0.15, -0.1) is 0 Å². The molecular formula is C20H26N2O. The van der Waals surface area contributed by atoms with Crippen LogP contribution in [0.25, 0.3) is 0 Å². The lowest BCUT2D eigenvalue weighted by molar-refractivity contribution is -0.126. The summed E-state index contributed by atoms with van der Waals surface area (Å²) in [4.78, 5) is 12.9. The Morgan fingerprint density at radius 2 is 1.65 bits per heavy atom. The summed E-state index contributed by atoms with van der Waals surface area (Å²) in [6, 6.07) is 17.9. The van der Waals surface area contributed by atoms with Crippen LogP contribution in [0.3, 0.4) is 0 Å². The molecule has 0 spiro atoms. The van der Waals surface area contributed by atoms with Crippen molar-refractivity contribution in [3.05, 3.63) is 65.7 Å². The lowest BCUT2D eigenvalue weighted by Gasteiger charge is -2.31. The molecule has 2 N–H and O–H groups in total. The number of hydrazine groups is 1. The largest absolute Gasteiger partial charge is 0.299 e. The Bertz CT molecular complexity index is 634. The van der Waals surface area contributed by atoms with Gasteiger partial charge in [-0.25, -0.2) is 0 Å². The summed E-state index contributed by atoms with van der Waals surface area (Å²) < 4.78 is 0. The molecule has 0 saturated heterocycles. The highest BCUT2D eigenvalue weighted by Crippen LogP contribution is 2.31. The van der Waals surface area contributed by atoms with Gasteiger partial charge in [-0.05, 0) is 43.9 Å². The van der Waals surface area contributed by atoms with Gasteiger partial charge in [0.05, 0.1) is 11.1 Å². The zero-order valence-corrected chi connectivity index (χ0v) is 14.4. The molecule has 0 aromatic heterocycles. The Balaban J connectivity index is 2.19. The molecule has 0 aliphatic rings. The summed E-state index contributed by atoms with van der Waals surface area (Å²) in [5, 5.41) is 0. The van der Waals surface area contributed by atoms with Crippen LogP contribution in [0, 0.1) is 12.8 Å². The number of carbonyl (C=O) groups excluding carboxylic acids is 1. The number of hydrogen-bond acceptors (Lipinski definition) is 2. The molecule has 23 heavy (non-hydrogen) atoms. The van der Waals surface area contributed by atoms with E-state index in [9.17, 15) is 4.79 Å². The normalized spacial score (nSPS) is 13.4. The number of aryl methyl sites for hydroxylation is 1. The molecule has 0 saturated carbocycles. The monoisotopic (exact) mass is 310 g/mol. The number of rotatable bonds is 6. The molecule has 2 rings (SSSR count). The molecule has 1 unspecified atom stereocenters. The fourth-order valence-electron chi connectivity index (χ4n) is 2.87. The van der Waals surface area contributed by atoms with Crippen molar-refractivity contribution in [2.24, 2.45) is 5.92 Å². The number of anilines is 1. The van der Waals surface area contributed by atoms with Gasteiger partial charge < -0.3 is 0 Å². The Kier molecular flexibility index (Phi) is 5.43. The van der Waals surface area contributed by atoms with E-state index in [-0.39, 0.29) is 5.91 Å². The maximum Gasteiger partial charge on any atom is 0.248 e. The first-order valence-electron chi connectivity index (χ1n) is 8.10. The SMILES string of the molecule is Cc1ccc(C(C)(CC(C)C)C(=O)NNc2ccccc2)cc1. The fourth-order valence-corrected chi connectivity index (χ4v) is 2.87. The van der Waals surface area contributed by atoms with E-state index in [2.05, 4.69) is 55.9 Å². The van der Waals surface area contributed by atoms with Crippen molar-refractivity contribution < 1.29 is 4.79 Å². The number of nitrogens with one attached hydrogen (secondary N) is 2. The first kappa shape index (κ1) is 17.1. The quantitative estimate of drug-likeness (QED) is 0.774. The van der Waals surface area contributed by atoms with Crippen LogP contribution in [-0.2, 0) is 10.2 Å². The summed E-state index contributed by atoms with van der Waals surface area (Å²) in [5.74, 6) is 0.405. The average molecular weight is 310 g/mol. The molecule has 0 radical (unpaired) electrons. The molecule has 2 aromatic carbocycles. The van der Waals surface area contributed by atoms with Crippen molar-refractivity contribution in [1.82, 2.24) is 5.43 Å². The van der Waals surface area contributed by atoms with E-state index in [0.29, 0.717) is 5.92 Å². The van der Waals surface area contributed by atoms with Crippen molar-refractivity contribution in [3.63, 3.8) is 0 Å². The summed E-state index contributed by atoms with van der Waals surface area (Å²) in [6.07, 6.45) is 0.790. The van der Waals surface area contributed by atoms with Crippen LogP contribution in [0.2, 0.25) is 0 Å². The van der Waals surface area contributed by atoms with Gasteiger partial charge in [0.15, 0.2) is 0 Å². The Morgan fingerprint density at radius 3 is 2.22 bits per heavy atom. The maximum absolute atomic E-state index is 12.9. The molecule has 0 aliphatic carbocycles. The summed E-state index contributed by atoms with van der Waals surface area (Å²) in [7, 11) is 0. The van der Waals surface area contributed by atoms with Crippen LogP contribution in [0.1, 0.15) is 38.3 Å². The van der Waals surface area contributed by atoms with Gasteiger partial charge in [0.25, 0.3) is 0 Å². The predicted molar refractivity (Wildman–Crippen MR) is 96.2 cm³/mol. The average Bonchev–Trinajstić information content (AvgIpc) is 2.53. The molecule has 0 bridgehead atoms. The first-order valence-corrected chi connectivity index (χ1v) is 8.10. The predicted octanol–water partition coefficient (Wildman–Crippen LogP) is 4.44. The van der Waals surface area contributed by atoms with E-state index >= 15 is 0 Å². The minimum Gasteiger partial charge on any atom is -0.299 e. The molecule has 0 fully saturated rings. The van der Waals surface area contributed by atoms with Crippen LogP contribution in [0.4, 0.5) is 5.69 Å². The second kappa shape index (κ2) is 7.32. The summed E-state index contributed by atoms with van der Waals surface area (Å²) >= 11 is 0. The molecular weight excluding hydrogens is 284 g/mol. The molecule has 122 valence electrons. The zero-order chi connectivity index (χ0) is 16.9. The fraction of sp³-hybridized carbons (Fsp3) is 0.350. The number of amides is 1. The third-order valence-corrected chi connectivity index (χ3v) is 4.10. The number of hydrogen-bond donors (Lipinski definition) is 2. The van der Waals surface area contributed by atoms with E-state index in [1.807, 2.05) is 37.3 Å². The minimum atomic E-state index is -0.566. The Morgan fingerprint density at radius 1 is 1.04 bits per heavy atom. The highest BCUT2D eigenvalue weighted by molar-refractivity contribution is 5.88. The number of benzene rings is 2. The van der Waals surface area contributed by atoms with Crippen molar-refractivity contribution in [2.75, 3.05) is 5.43 Å². The third kappa shape index (κ3) is 4.35. The number of carbonyl (C=O) groups is 1. The molecule has 3 heteroatoms. The van der Waals surface area contributed by atoms with E-state index in [1.54, 1.807) is 0 Å². The Labute approximate surface area is 139 Å². The summed E-state index contributed by atoms with van der Waals surface area (Å²) in [5.41, 5.74) is 8.42. The van der Waals surface area contributed by atoms with E-state index in [0.717, 1.165) is 17.7 Å². The van der Waals surface area contributed by atoms with Gasteiger partial charge >= 0.3 is 0 Å². The van der Waals surface area contributed by atoms with Crippen LogP contribution in [-0.4, -0.2) is 5.91 Å². The number of para-hydroxylation sites is 1. The van der Waals surface area contributed by atoms with Crippen molar-refractivity contribution in [1.29, 1.82) is 0 Å². The van der Waals surface area contributed by atoms with Gasteiger partial charge in [0.1, 0.15) is 0 Å². The minimum absolute atomic E-state index is 0.0149.